The predicted octanol–water partition coefficient (Wildman–Crippen LogP) is 1.75. The van der Waals surface area contributed by atoms with Crippen LogP contribution in [0.2, 0.25) is 0 Å². The monoisotopic (exact) mass is 236 g/mol. The van der Waals surface area contributed by atoms with Gasteiger partial charge in [0.25, 0.3) is 0 Å². The van der Waals surface area contributed by atoms with Crippen molar-refractivity contribution in [3.05, 3.63) is 17.8 Å². The lowest BCUT2D eigenvalue weighted by Gasteiger charge is -2.24. The number of pyridine rings is 1. The van der Waals surface area contributed by atoms with E-state index in [1.54, 1.807) is 6.20 Å². The van der Waals surface area contributed by atoms with Crippen LogP contribution >= 0.6 is 0 Å². The van der Waals surface area contributed by atoms with Gasteiger partial charge in [0.2, 0.25) is 0 Å². The summed E-state index contributed by atoms with van der Waals surface area (Å²) < 4.78 is 0. The molecule has 1 aromatic heterocycles. The van der Waals surface area contributed by atoms with Crippen molar-refractivity contribution in [3.63, 3.8) is 0 Å². The van der Waals surface area contributed by atoms with Crippen molar-refractivity contribution in [1.82, 2.24) is 9.88 Å². The maximum Gasteiger partial charge on any atom is 0.128 e. The molecule has 0 spiro atoms. The number of nitrogens with two attached hydrogens (primary N) is 1. The molecule has 0 aliphatic rings. The van der Waals surface area contributed by atoms with Gasteiger partial charge in [-0.2, -0.15) is 0 Å². The second-order valence-electron chi connectivity index (χ2n) is 4.35. The van der Waals surface area contributed by atoms with Gasteiger partial charge in [-0.3, -0.25) is 0 Å². The Balaban J connectivity index is 2.57. The molecular weight excluding hydrogens is 212 g/mol. The molecule has 2 N–H and O–H groups in total. The number of hydrogen-bond donors (Lipinski definition) is 1. The average Bonchev–Trinajstić information content (AvgIpc) is 2.33. The van der Waals surface area contributed by atoms with E-state index in [2.05, 4.69) is 35.7 Å². The highest BCUT2D eigenvalue weighted by molar-refractivity contribution is 5.51. The lowest BCUT2D eigenvalue weighted by Crippen LogP contribution is -2.33. The lowest BCUT2D eigenvalue weighted by atomic mass is 10.2. The third kappa shape index (κ3) is 3.89. The highest BCUT2D eigenvalue weighted by atomic mass is 15.2. The predicted molar refractivity (Wildman–Crippen MR) is 74.4 cm³/mol. The largest absolute Gasteiger partial charge is 0.397 e. The van der Waals surface area contributed by atoms with Gasteiger partial charge in [0, 0.05) is 20.1 Å². The molecular formula is C13H24N4. The Labute approximate surface area is 104 Å². The third-order valence-electron chi connectivity index (χ3n) is 3.17. The van der Waals surface area contributed by atoms with Gasteiger partial charge in [0.05, 0.1) is 11.9 Å². The van der Waals surface area contributed by atoms with Crippen molar-refractivity contribution < 1.29 is 0 Å². The fourth-order valence-corrected chi connectivity index (χ4v) is 1.71. The molecule has 0 saturated carbocycles. The molecule has 0 saturated heterocycles. The highest BCUT2D eigenvalue weighted by Crippen LogP contribution is 2.15. The summed E-state index contributed by atoms with van der Waals surface area (Å²) in [4.78, 5) is 8.93. The maximum atomic E-state index is 5.76. The van der Waals surface area contributed by atoms with Crippen molar-refractivity contribution in [2.75, 3.05) is 43.9 Å². The van der Waals surface area contributed by atoms with Gasteiger partial charge in [0.15, 0.2) is 0 Å². The van der Waals surface area contributed by atoms with E-state index >= 15 is 0 Å². The normalized spacial score (nSPS) is 10.9. The fourth-order valence-electron chi connectivity index (χ4n) is 1.71. The average molecular weight is 236 g/mol. The van der Waals surface area contributed by atoms with Gasteiger partial charge in [0.1, 0.15) is 5.82 Å². The van der Waals surface area contributed by atoms with E-state index in [4.69, 9.17) is 5.73 Å². The van der Waals surface area contributed by atoms with E-state index < -0.39 is 0 Å². The van der Waals surface area contributed by atoms with Crippen LogP contribution in [-0.4, -0.2) is 43.1 Å². The van der Waals surface area contributed by atoms with E-state index in [9.17, 15) is 0 Å². The molecule has 96 valence electrons. The molecule has 0 aliphatic heterocycles. The SMILES string of the molecule is CCN(CC)CCN(C)c1cc(C)c(N)cn1. The molecule has 4 heteroatoms. The van der Waals surface area contributed by atoms with E-state index in [1.807, 2.05) is 13.0 Å². The minimum absolute atomic E-state index is 0.755. The molecule has 1 heterocycles. The zero-order valence-electron chi connectivity index (χ0n) is 11.4. The Kier molecular flexibility index (Phi) is 5.22. The fraction of sp³-hybridized carbons (Fsp3) is 0.615. The molecule has 0 fully saturated rings. The zero-order valence-corrected chi connectivity index (χ0v) is 11.4. The first-order valence-corrected chi connectivity index (χ1v) is 6.24. The Bertz CT molecular complexity index is 347. The van der Waals surface area contributed by atoms with Crippen LogP contribution in [-0.2, 0) is 0 Å². The number of hydrogen-bond acceptors (Lipinski definition) is 4. The molecule has 0 aliphatic carbocycles. The van der Waals surface area contributed by atoms with Gasteiger partial charge in [-0.1, -0.05) is 13.8 Å². The first kappa shape index (κ1) is 13.8. The molecule has 0 atom stereocenters. The molecule has 0 amide bonds. The number of aryl methyl sites for hydroxylation is 1. The van der Waals surface area contributed by atoms with E-state index in [0.717, 1.165) is 43.2 Å². The van der Waals surface area contributed by atoms with E-state index in [1.165, 1.54) is 0 Å². The van der Waals surface area contributed by atoms with Gasteiger partial charge in [-0.25, -0.2) is 4.98 Å². The summed E-state index contributed by atoms with van der Waals surface area (Å²) in [5.41, 5.74) is 7.61. The smallest absolute Gasteiger partial charge is 0.128 e. The van der Waals surface area contributed by atoms with Crippen LogP contribution in [0.5, 0.6) is 0 Å². The zero-order chi connectivity index (χ0) is 12.8. The Morgan fingerprint density at radius 2 is 1.88 bits per heavy atom. The molecule has 0 unspecified atom stereocenters. The summed E-state index contributed by atoms with van der Waals surface area (Å²) in [6.07, 6.45) is 1.73. The second-order valence-corrected chi connectivity index (χ2v) is 4.35. The van der Waals surface area contributed by atoms with Crippen LogP contribution in [0.4, 0.5) is 11.5 Å². The van der Waals surface area contributed by atoms with Gasteiger partial charge in [-0.05, 0) is 31.6 Å². The standard InChI is InChI=1S/C13H24N4/c1-5-17(6-2)8-7-16(4)13-9-11(3)12(14)10-15-13/h9-10H,5-8,14H2,1-4H3. The van der Waals surface area contributed by atoms with Crippen molar-refractivity contribution in [2.24, 2.45) is 0 Å². The van der Waals surface area contributed by atoms with E-state index in [0.29, 0.717) is 0 Å². The number of nitrogens with zero attached hydrogens (tertiary/aromatic N) is 3. The number of rotatable bonds is 6. The summed E-state index contributed by atoms with van der Waals surface area (Å²) >= 11 is 0. The molecule has 1 aromatic rings. The summed E-state index contributed by atoms with van der Waals surface area (Å²) in [5.74, 6) is 0.990. The van der Waals surface area contributed by atoms with Gasteiger partial charge < -0.3 is 15.5 Å². The first-order valence-electron chi connectivity index (χ1n) is 6.24. The lowest BCUT2D eigenvalue weighted by molar-refractivity contribution is 0.311. The molecule has 0 radical (unpaired) electrons. The van der Waals surface area contributed by atoms with Crippen LogP contribution in [0.3, 0.4) is 0 Å². The topological polar surface area (TPSA) is 45.4 Å². The molecule has 0 aromatic carbocycles. The molecule has 4 nitrogen and oxygen atoms in total. The van der Waals surface area contributed by atoms with E-state index in [-0.39, 0.29) is 0 Å². The van der Waals surface area contributed by atoms with Crippen molar-refractivity contribution in [3.8, 4) is 0 Å². The maximum absolute atomic E-state index is 5.76. The summed E-state index contributed by atoms with van der Waals surface area (Å²) in [6.45, 7) is 10.6. The highest BCUT2D eigenvalue weighted by Gasteiger charge is 2.06. The Hall–Kier alpha value is -1.29. The summed E-state index contributed by atoms with van der Waals surface area (Å²) in [6, 6.07) is 2.04. The van der Waals surface area contributed by atoms with Gasteiger partial charge >= 0.3 is 0 Å². The van der Waals surface area contributed by atoms with Crippen molar-refractivity contribution in [2.45, 2.75) is 20.8 Å². The van der Waals surface area contributed by atoms with Crippen LogP contribution in [0.15, 0.2) is 12.3 Å². The second kappa shape index (κ2) is 6.45. The molecule has 0 bridgehead atoms. The van der Waals surface area contributed by atoms with Crippen molar-refractivity contribution in [1.29, 1.82) is 0 Å². The number of anilines is 2. The Morgan fingerprint density at radius 3 is 2.41 bits per heavy atom. The number of aromatic nitrogens is 1. The van der Waals surface area contributed by atoms with Crippen molar-refractivity contribution >= 4 is 11.5 Å². The van der Waals surface area contributed by atoms with Crippen LogP contribution in [0.1, 0.15) is 19.4 Å². The summed E-state index contributed by atoms with van der Waals surface area (Å²) in [5, 5.41) is 0. The Morgan fingerprint density at radius 1 is 1.24 bits per heavy atom. The first-order chi connectivity index (χ1) is 8.08. The molecule has 17 heavy (non-hydrogen) atoms. The summed E-state index contributed by atoms with van der Waals surface area (Å²) in [7, 11) is 2.07. The van der Waals surface area contributed by atoms with Crippen LogP contribution in [0.25, 0.3) is 0 Å². The molecule has 1 rings (SSSR count). The number of likely N-dealkylation sites (N-methyl/N-ethyl adjacent to an activating group) is 2. The quantitative estimate of drug-likeness (QED) is 0.817. The number of nitrogen functional groups attached to an aromatic ring is 1. The third-order valence-corrected chi connectivity index (χ3v) is 3.17. The minimum Gasteiger partial charge on any atom is -0.397 e. The minimum atomic E-state index is 0.755. The van der Waals surface area contributed by atoms with Crippen LogP contribution < -0.4 is 10.6 Å². The van der Waals surface area contributed by atoms with Crippen LogP contribution in [0, 0.1) is 6.92 Å². The van der Waals surface area contributed by atoms with Gasteiger partial charge in [-0.15, -0.1) is 0 Å².